The van der Waals surface area contributed by atoms with Gasteiger partial charge in [0.25, 0.3) is 0 Å². The van der Waals surface area contributed by atoms with Crippen LogP contribution in [0.25, 0.3) is 11.3 Å². The van der Waals surface area contributed by atoms with Crippen molar-refractivity contribution in [1.82, 2.24) is 14.7 Å². The van der Waals surface area contributed by atoms with E-state index >= 15 is 0 Å². The van der Waals surface area contributed by atoms with E-state index in [9.17, 15) is 4.79 Å². The topological polar surface area (TPSA) is 38.1 Å². The van der Waals surface area contributed by atoms with Crippen molar-refractivity contribution in [2.45, 2.75) is 31.2 Å². The summed E-state index contributed by atoms with van der Waals surface area (Å²) in [7, 11) is 3.54. The Bertz CT molecular complexity index is 647. The number of thioether (sulfide) groups is 1. The number of carbonyl (C=O) groups is 1. The molecule has 0 N–H and O–H groups in total. The van der Waals surface area contributed by atoms with Crippen molar-refractivity contribution in [3.8, 4) is 11.3 Å². The Morgan fingerprint density at radius 1 is 1.27 bits per heavy atom. The second-order valence-electron chi connectivity index (χ2n) is 5.84. The Kier molecular flexibility index (Phi) is 4.96. The number of benzene rings is 1. The normalized spacial score (nSPS) is 11.5. The van der Waals surface area contributed by atoms with Crippen LogP contribution < -0.4 is 0 Å². The molecule has 22 heavy (non-hydrogen) atoms. The van der Waals surface area contributed by atoms with Crippen LogP contribution in [-0.4, -0.2) is 40.4 Å². The fourth-order valence-electron chi connectivity index (χ4n) is 2.35. The lowest BCUT2D eigenvalue weighted by Crippen LogP contribution is -2.44. The van der Waals surface area contributed by atoms with Gasteiger partial charge in [0.2, 0.25) is 5.91 Å². The summed E-state index contributed by atoms with van der Waals surface area (Å²) >= 11 is 1.75. The third-order valence-electron chi connectivity index (χ3n) is 3.53. The van der Waals surface area contributed by atoms with Crippen molar-refractivity contribution in [3.63, 3.8) is 0 Å². The van der Waals surface area contributed by atoms with E-state index in [1.165, 1.54) is 0 Å². The van der Waals surface area contributed by atoms with Crippen molar-refractivity contribution in [2.24, 2.45) is 0 Å². The smallest absolute Gasteiger partial charge is 0.249 e. The molecule has 0 saturated carbocycles. The van der Waals surface area contributed by atoms with Gasteiger partial charge in [-0.15, -0.1) is 11.8 Å². The second-order valence-corrected chi connectivity index (χ2v) is 7.15. The maximum Gasteiger partial charge on any atom is 0.249 e. The zero-order valence-electron chi connectivity index (χ0n) is 13.8. The highest BCUT2D eigenvalue weighted by Crippen LogP contribution is 2.32. The molecule has 4 nitrogen and oxygen atoms in total. The van der Waals surface area contributed by atoms with Crippen LogP contribution in [0.5, 0.6) is 0 Å². The molecule has 0 unspecified atom stereocenters. The zero-order valence-corrected chi connectivity index (χ0v) is 14.6. The molecule has 1 amide bonds. The van der Waals surface area contributed by atoms with E-state index in [2.05, 4.69) is 6.92 Å². The third-order valence-corrected chi connectivity index (χ3v) is 4.43. The molecule has 2 aromatic rings. The predicted octanol–water partition coefficient (Wildman–Crippen LogP) is 3.49. The lowest BCUT2D eigenvalue weighted by Gasteiger charge is -2.27. The second kappa shape index (κ2) is 6.57. The Balaban J connectivity index is 2.49. The molecule has 0 fully saturated rings. The fraction of sp³-hybridized carbons (Fsp3) is 0.412. The summed E-state index contributed by atoms with van der Waals surface area (Å²) in [5.74, 6) is 0.996. The molecular weight excluding hydrogens is 294 g/mol. The zero-order chi connectivity index (χ0) is 16.3. The van der Waals surface area contributed by atoms with E-state index in [0.29, 0.717) is 0 Å². The molecule has 0 atom stereocenters. The number of hydrogen-bond acceptors (Lipinski definition) is 3. The minimum atomic E-state index is -0.709. The molecule has 118 valence electrons. The minimum Gasteiger partial charge on any atom is -0.347 e. The van der Waals surface area contributed by atoms with Gasteiger partial charge in [0.05, 0.1) is 4.90 Å². The number of carbonyl (C=O) groups excluding carboxylic acids is 1. The van der Waals surface area contributed by atoms with Gasteiger partial charge >= 0.3 is 0 Å². The summed E-state index contributed by atoms with van der Waals surface area (Å²) in [6.07, 6.45) is 1.98. The molecular formula is C17H23N3OS. The molecule has 0 bridgehead atoms. The molecule has 0 aliphatic carbocycles. The number of likely N-dealkylation sites (N-methyl/N-ethyl adjacent to an activating group) is 1. The first-order chi connectivity index (χ1) is 10.4. The van der Waals surface area contributed by atoms with Gasteiger partial charge in [-0.1, -0.05) is 37.3 Å². The molecule has 0 aliphatic rings. The van der Waals surface area contributed by atoms with Crippen LogP contribution in [0.4, 0.5) is 0 Å². The van der Waals surface area contributed by atoms with E-state index in [0.717, 1.165) is 21.9 Å². The summed E-state index contributed by atoms with van der Waals surface area (Å²) in [4.78, 5) is 15.2. The van der Waals surface area contributed by atoms with Crippen molar-refractivity contribution >= 4 is 17.7 Å². The average Bonchev–Trinajstić information content (AvgIpc) is 2.92. The fourth-order valence-corrected chi connectivity index (χ4v) is 3.13. The average molecular weight is 317 g/mol. The molecule has 0 saturated heterocycles. The Hall–Kier alpha value is -1.75. The van der Waals surface area contributed by atoms with E-state index in [1.807, 2.05) is 50.4 Å². The van der Waals surface area contributed by atoms with E-state index in [4.69, 9.17) is 5.10 Å². The highest BCUT2D eigenvalue weighted by Gasteiger charge is 2.33. The summed E-state index contributed by atoms with van der Waals surface area (Å²) in [6.45, 7) is 5.92. The number of nitrogens with zero attached hydrogens (tertiary/aromatic N) is 3. The molecule has 0 aliphatic heterocycles. The SMILES string of the molecule is CCSc1cn(C(C)(C)C(=O)N(C)C)nc1-c1ccccc1. The standard InChI is InChI=1S/C17H23N3OS/c1-6-22-14-12-20(17(2,3)16(21)19(4)5)18-15(14)13-10-8-7-9-11-13/h7-12H,6H2,1-5H3. The molecule has 0 radical (unpaired) electrons. The Morgan fingerprint density at radius 2 is 1.91 bits per heavy atom. The number of rotatable bonds is 5. The van der Waals surface area contributed by atoms with Crippen LogP contribution in [0.3, 0.4) is 0 Å². The largest absolute Gasteiger partial charge is 0.347 e. The van der Waals surface area contributed by atoms with Crippen molar-refractivity contribution in [3.05, 3.63) is 36.5 Å². The summed E-state index contributed by atoms with van der Waals surface area (Å²) in [5, 5.41) is 4.72. The van der Waals surface area contributed by atoms with Gasteiger partial charge in [-0.2, -0.15) is 5.10 Å². The van der Waals surface area contributed by atoms with Crippen LogP contribution >= 0.6 is 11.8 Å². The lowest BCUT2D eigenvalue weighted by molar-refractivity contribution is -0.137. The van der Waals surface area contributed by atoms with Crippen LogP contribution in [-0.2, 0) is 10.3 Å². The van der Waals surface area contributed by atoms with Gasteiger partial charge in [-0.3, -0.25) is 9.48 Å². The van der Waals surface area contributed by atoms with Gasteiger partial charge in [0, 0.05) is 25.9 Å². The molecule has 0 spiro atoms. The van der Waals surface area contributed by atoms with E-state index in [1.54, 1.807) is 35.4 Å². The first-order valence-corrected chi connectivity index (χ1v) is 8.36. The van der Waals surface area contributed by atoms with Crippen LogP contribution in [0.2, 0.25) is 0 Å². The van der Waals surface area contributed by atoms with Gasteiger partial charge in [-0.25, -0.2) is 0 Å². The van der Waals surface area contributed by atoms with Gasteiger partial charge in [0.1, 0.15) is 11.2 Å². The van der Waals surface area contributed by atoms with Crippen LogP contribution in [0.1, 0.15) is 20.8 Å². The Morgan fingerprint density at radius 3 is 2.45 bits per heavy atom. The number of amides is 1. The summed E-state index contributed by atoms with van der Waals surface area (Å²) in [5.41, 5.74) is 1.30. The lowest BCUT2D eigenvalue weighted by atomic mass is 10.0. The minimum absolute atomic E-state index is 0.0302. The van der Waals surface area contributed by atoms with Crippen molar-refractivity contribution < 1.29 is 4.79 Å². The van der Waals surface area contributed by atoms with Crippen molar-refractivity contribution in [2.75, 3.05) is 19.8 Å². The molecule has 1 aromatic carbocycles. The monoisotopic (exact) mass is 317 g/mol. The van der Waals surface area contributed by atoms with Crippen LogP contribution in [0.15, 0.2) is 41.4 Å². The summed E-state index contributed by atoms with van der Waals surface area (Å²) in [6, 6.07) is 10.1. The molecule has 5 heteroatoms. The maximum absolute atomic E-state index is 12.4. The quantitative estimate of drug-likeness (QED) is 0.792. The van der Waals surface area contributed by atoms with Crippen LogP contribution in [0, 0.1) is 0 Å². The van der Waals surface area contributed by atoms with E-state index < -0.39 is 5.54 Å². The highest BCUT2D eigenvalue weighted by atomic mass is 32.2. The summed E-state index contributed by atoms with van der Waals surface area (Å²) < 4.78 is 1.79. The number of aromatic nitrogens is 2. The predicted molar refractivity (Wildman–Crippen MR) is 92.1 cm³/mol. The highest BCUT2D eigenvalue weighted by molar-refractivity contribution is 7.99. The third kappa shape index (κ3) is 3.19. The number of hydrogen-bond donors (Lipinski definition) is 0. The van der Waals surface area contributed by atoms with Crippen molar-refractivity contribution in [1.29, 1.82) is 0 Å². The first-order valence-electron chi connectivity index (χ1n) is 7.38. The molecule has 2 rings (SSSR count). The first kappa shape index (κ1) is 16.6. The Labute approximate surface area is 136 Å². The van der Waals surface area contributed by atoms with E-state index in [-0.39, 0.29) is 5.91 Å². The molecule has 1 aromatic heterocycles. The molecule has 1 heterocycles. The van der Waals surface area contributed by atoms with Gasteiger partial charge in [-0.05, 0) is 19.6 Å². The maximum atomic E-state index is 12.4. The van der Waals surface area contributed by atoms with Gasteiger partial charge in [0.15, 0.2) is 0 Å². The van der Waals surface area contributed by atoms with Gasteiger partial charge < -0.3 is 4.90 Å².